The molecule has 1 amide bonds. The minimum absolute atomic E-state index is 0.00529. The number of Topliss-reactive ketones (excluding diaryl/α,β-unsaturated/α-hetero) is 1. The fourth-order valence-electron chi connectivity index (χ4n) is 2.63. The average molecular weight is 289 g/mol. The molecule has 1 aliphatic rings. The number of carbonyl (C=O) groups is 2. The molecule has 2 rings (SSSR count). The number of rotatable bonds is 4. The first-order chi connectivity index (χ1) is 9.99. The number of benzene rings is 1. The number of amides is 1. The lowest BCUT2D eigenvalue weighted by atomic mass is 10.1. The van der Waals surface area contributed by atoms with E-state index in [-0.39, 0.29) is 11.7 Å². The molecule has 0 saturated carbocycles. The molecule has 1 fully saturated rings. The van der Waals surface area contributed by atoms with Crippen LogP contribution in [-0.4, -0.2) is 35.8 Å². The highest BCUT2D eigenvalue weighted by molar-refractivity contribution is 5.97. The minimum Gasteiger partial charge on any atom is -0.480 e. The van der Waals surface area contributed by atoms with Crippen molar-refractivity contribution in [3.8, 4) is 5.75 Å². The summed E-state index contributed by atoms with van der Waals surface area (Å²) in [5.41, 5.74) is 1.53. The van der Waals surface area contributed by atoms with Crippen LogP contribution in [0.25, 0.3) is 0 Å². The van der Waals surface area contributed by atoms with Gasteiger partial charge in [0.2, 0.25) is 0 Å². The van der Waals surface area contributed by atoms with Gasteiger partial charge in [0.25, 0.3) is 5.91 Å². The van der Waals surface area contributed by atoms with Crippen LogP contribution < -0.4 is 4.74 Å². The van der Waals surface area contributed by atoms with Crippen molar-refractivity contribution in [2.75, 3.05) is 13.1 Å². The Labute approximate surface area is 126 Å². The van der Waals surface area contributed by atoms with Gasteiger partial charge in [0.15, 0.2) is 11.9 Å². The number of carbonyl (C=O) groups excluding carboxylic acids is 2. The normalized spacial score (nSPS) is 16.4. The Morgan fingerprint density at radius 3 is 2.48 bits per heavy atom. The Morgan fingerprint density at radius 1 is 1.19 bits per heavy atom. The lowest BCUT2D eigenvalue weighted by Crippen LogP contribution is -2.43. The van der Waals surface area contributed by atoms with Crippen LogP contribution in [-0.2, 0) is 4.79 Å². The van der Waals surface area contributed by atoms with E-state index in [1.54, 1.807) is 13.0 Å². The smallest absolute Gasteiger partial charge is 0.263 e. The molecule has 21 heavy (non-hydrogen) atoms. The number of ether oxygens (including phenoxy) is 1. The summed E-state index contributed by atoms with van der Waals surface area (Å²) in [7, 11) is 0. The number of nitrogens with zero attached hydrogens (tertiary/aromatic N) is 1. The predicted molar refractivity (Wildman–Crippen MR) is 81.7 cm³/mol. The molecule has 114 valence electrons. The molecule has 1 aromatic rings. The van der Waals surface area contributed by atoms with Crippen LogP contribution in [0.2, 0.25) is 0 Å². The Hall–Kier alpha value is -1.84. The van der Waals surface area contributed by atoms with E-state index >= 15 is 0 Å². The van der Waals surface area contributed by atoms with Crippen molar-refractivity contribution in [2.45, 2.75) is 46.1 Å². The number of piperidine rings is 1. The van der Waals surface area contributed by atoms with E-state index in [4.69, 9.17) is 4.74 Å². The zero-order chi connectivity index (χ0) is 15.4. The largest absolute Gasteiger partial charge is 0.480 e. The van der Waals surface area contributed by atoms with Gasteiger partial charge in [0.1, 0.15) is 5.75 Å². The third-order valence-corrected chi connectivity index (χ3v) is 3.84. The van der Waals surface area contributed by atoms with Gasteiger partial charge in [0.05, 0.1) is 5.56 Å². The molecule has 4 nitrogen and oxygen atoms in total. The van der Waals surface area contributed by atoms with Crippen molar-refractivity contribution < 1.29 is 14.3 Å². The molecule has 0 aliphatic carbocycles. The molecular weight excluding hydrogens is 266 g/mol. The molecule has 1 aromatic carbocycles. The Balaban J connectivity index is 2.11. The molecule has 1 aliphatic heterocycles. The molecular formula is C17H23NO3. The van der Waals surface area contributed by atoms with Gasteiger partial charge in [-0.3, -0.25) is 9.59 Å². The van der Waals surface area contributed by atoms with E-state index in [0.717, 1.165) is 31.5 Å². The third kappa shape index (κ3) is 3.84. The fraction of sp³-hybridized carbons (Fsp3) is 0.529. The van der Waals surface area contributed by atoms with Crippen LogP contribution in [0.3, 0.4) is 0 Å². The first-order valence-electron chi connectivity index (χ1n) is 7.56. The van der Waals surface area contributed by atoms with E-state index in [9.17, 15) is 9.59 Å². The Kier molecular flexibility index (Phi) is 4.99. The van der Waals surface area contributed by atoms with Gasteiger partial charge in [-0.05, 0) is 57.7 Å². The van der Waals surface area contributed by atoms with E-state index in [2.05, 4.69) is 0 Å². The number of likely N-dealkylation sites (tertiary alicyclic amines) is 1. The van der Waals surface area contributed by atoms with Crippen LogP contribution >= 0.6 is 0 Å². The Morgan fingerprint density at radius 2 is 1.86 bits per heavy atom. The van der Waals surface area contributed by atoms with Crippen molar-refractivity contribution in [3.05, 3.63) is 29.3 Å². The van der Waals surface area contributed by atoms with Gasteiger partial charge in [0, 0.05) is 13.1 Å². The van der Waals surface area contributed by atoms with Gasteiger partial charge in [-0.1, -0.05) is 6.07 Å². The lowest BCUT2D eigenvalue weighted by molar-refractivity contribution is -0.138. The van der Waals surface area contributed by atoms with Crippen LogP contribution in [0.4, 0.5) is 0 Å². The second-order valence-electron chi connectivity index (χ2n) is 5.70. The molecule has 1 heterocycles. The summed E-state index contributed by atoms with van der Waals surface area (Å²) in [5, 5.41) is 0. The maximum absolute atomic E-state index is 12.4. The average Bonchev–Trinajstić information content (AvgIpc) is 2.47. The molecule has 1 unspecified atom stereocenters. The van der Waals surface area contributed by atoms with Crippen LogP contribution in [0, 0.1) is 6.92 Å². The second kappa shape index (κ2) is 6.74. The molecule has 0 radical (unpaired) electrons. The zero-order valence-electron chi connectivity index (χ0n) is 13.0. The number of ketones is 1. The van der Waals surface area contributed by atoms with Gasteiger partial charge in [-0.2, -0.15) is 0 Å². The molecule has 1 saturated heterocycles. The Bertz CT molecular complexity index is 533. The van der Waals surface area contributed by atoms with Crippen LogP contribution in [0.15, 0.2) is 18.2 Å². The zero-order valence-corrected chi connectivity index (χ0v) is 13.0. The third-order valence-electron chi connectivity index (χ3n) is 3.84. The van der Waals surface area contributed by atoms with Crippen molar-refractivity contribution in [1.82, 2.24) is 4.90 Å². The first-order valence-corrected chi connectivity index (χ1v) is 7.56. The molecule has 0 N–H and O–H groups in total. The summed E-state index contributed by atoms with van der Waals surface area (Å²) < 4.78 is 5.79. The predicted octanol–water partition coefficient (Wildman–Crippen LogP) is 2.98. The minimum atomic E-state index is -0.567. The van der Waals surface area contributed by atoms with Crippen molar-refractivity contribution in [1.29, 1.82) is 0 Å². The van der Waals surface area contributed by atoms with Crippen molar-refractivity contribution in [2.24, 2.45) is 0 Å². The highest BCUT2D eigenvalue weighted by Crippen LogP contribution is 2.23. The number of aryl methyl sites for hydroxylation is 1. The van der Waals surface area contributed by atoms with Gasteiger partial charge in [-0.15, -0.1) is 0 Å². The van der Waals surface area contributed by atoms with E-state index < -0.39 is 6.10 Å². The topological polar surface area (TPSA) is 46.6 Å². The number of hydrogen-bond donors (Lipinski definition) is 0. The fourth-order valence-corrected chi connectivity index (χ4v) is 2.63. The monoisotopic (exact) mass is 289 g/mol. The highest BCUT2D eigenvalue weighted by Gasteiger charge is 2.24. The van der Waals surface area contributed by atoms with Crippen LogP contribution in [0.5, 0.6) is 5.75 Å². The molecule has 0 spiro atoms. The summed E-state index contributed by atoms with van der Waals surface area (Å²) in [6.07, 6.45) is 2.73. The molecule has 1 atom stereocenters. The molecule has 0 bridgehead atoms. The number of hydrogen-bond acceptors (Lipinski definition) is 3. The first kappa shape index (κ1) is 15.5. The SMILES string of the molecule is CC(=O)c1ccc(C)cc1OC(C)C(=O)N1CCCCC1. The standard InChI is InChI=1S/C17H23NO3/c1-12-7-8-15(13(2)19)16(11-12)21-14(3)17(20)18-9-5-4-6-10-18/h7-8,11,14H,4-6,9-10H2,1-3H3. The van der Waals surface area contributed by atoms with Gasteiger partial charge < -0.3 is 9.64 Å². The van der Waals surface area contributed by atoms with E-state index in [1.165, 1.54) is 13.3 Å². The lowest BCUT2D eigenvalue weighted by Gasteiger charge is -2.29. The van der Waals surface area contributed by atoms with E-state index in [0.29, 0.717) is 11.3 Å². The van der Waals surface area contributed by atoms with Crippen molar-refractivity contribution >= 4 is 11.7 Å². The summed E-state index contributed by atoms with van der Waals surface area (Å²) in [6, 6.07) is 5.45. The summed E-state index contributed by atoms with van der Waals surface area (Å²) in [4.78, 5) is 25.9. The van der Waals surface area contributed by atoms with Crippen molar-refractivity contribution in [3.63, 3.8) is 0 Å². The maximum Gasteiger partial charge on any atom is 0.263 e. The maximum atomic E-state index is 12.4. The molecule has 4 heteroatoms. The second-order valence-corrected chi connectivity index (χ2v) is 5.70. The summed E-state index contributed by atoms with van der Waals surface area (Å²) >= 11 is 0. The summed E-state index contributed by atoms with van der Waals surface area (Å²) in [6.45, 7) is 6.81. The molecule has 0 aromatic heterocycles. The van der Waals surface area contributed by atoms with E-state index in [1.807, 2.05) is 24.0 Å². The van der Waals surface area contributed by atoms with Gasteiger partial charge >= 0.3 is 0 Å². The van der Waals surface area contributed by atoms with Gasteiger partial charge in [-0.25, -0.2) is 0 Å². The van der Waals surface area contributed by atoms with Crippen LogP contribution in [0.1, 0.15) is 49.0 Å². The summed E-state index contributed by atoms with van der Waals surface area (Å²) in [5.74, 6) is 0.452. The quantitative estimate of drug-likeness (QED) is 0.801. The highest BCUT2D eigenvalue weighted by atomic mass is 16.5.